The molecule has 1 N–H and O–H groups in total. The van der Waals surface area contributed by atoms with Crippen LogP contribution in [0.1, 0.15) is 38.5 Å². The van der Waals surface area contributed by atoms with Crippen molar-refractivity contribution in [1.29, 1.82) is 0 Å². The number of azide groups is 1. The molecular formula is C11H19N3O2. The van der Waals surface area contributed by atoms with E-state index in [1.54, 1.807) is 0 Å². The maximum absolute atomic E-state index is 10.4. The van der Waals surface area contributed by atoms with Gasteiger partial charge in [-0.05, 0) is 31.2 Å². The van der Waals surface area contributed by atoms with Crippen LogP contribution in [0, 0.1) is 5.41 Å². The lowest BCUT2D eigenvalue weighted by Crippen LogP contribution is -2.48. The molecule has 1 saturated heterocycles. The van der Waals surface area contributed by atoms with E-state index in [-0.39, 0.29) is 11.5 Å². The van der Waals surface area contributed by atoms with E-state index >= 15 is 0 Å². The van der Waals surface area contributed by atoms with Gasteiger partial charge in [0.2, 0.25) is 0 Å². The molecule has 1 spiro atoms. The first kappa shape index (κ1) is 11.7. The Labute approximate surface area is 95.4 Å². The lowest BCUT2D eigenvalue weighted by Gasteiger charge is -2.43. The van der Waals surface area contributed by atoms with Gasteiger partial charge in [0.1, 0.15) is 0 Å². The molecule has 1 saturated carbocycles. The summed E-state index contributed by atoms with van der Waals surface area (Å²) in [5.74, 6) is 0. The molecule has 0 aromatic rings. The minimum atomic E-state index is -0.532. The molecule has 0 aromatic heterocycles. The van der Waals surface area contributed by atoms with E-state index in [1.165, 1.54) is 0 Å². The molecule has 16 heavy (non-hydrogen) atoms. The lowest BCUT2D eigenvalue weighted by molar-refractivity contribution is -0.0721. The summed E-state index contributed by atoms with van der Waals surface area (Å²) < 4.78 is 5.59. The largest absolute Gasteiger partial charge is 0.392 e. The van der Waals surface area contributed by atoms with Crippen LogP contribution in [0.3, 0.4) is 0 Å². The van der Waals surface area contributed by atoms with Crippen molar-refractivity contribution in [2.24, 2.45) is 10.5 Å². The van der Waals surface area contributed by atoms with Gasteiger partial charge in [-0.3, -0.25) is 0 Å². The summed E-state index contributed by atoms with van der Waals surface area (Å²) in [6.45, 7) is 1.41. The van der Waals surface area contributed by atoms with Crippen molar-refractivity contribution in [2.75, 3.05) is 13.2 Å². The summed E-state index contributed by atoms with van der Waals surface area (Å²) in [5.41, 5.74) is 8.34. The molecule has 0 radical (unpaired) electrons. The second-order valence-electron chi connectivity index (χ2n) is 4.98. The average molecular weight is 225 g/mol. The first-order chi connectivity index (χ1) is 7.78. The van der Waals surface area contributed by atoms with Gasteiger partial charge in [0.25, 0.3) is 0 Å². The molecule has 0 amide bonds. The molecule has 90 valence electrons. The number of nitrogens with zero attached hydrogens (tertiary/aromatic N) is 3. The van der Waals surface area contributed by atoms with E-state index in [4.69, 9.17) is 10.3 Å². The maximum atomic E-state index is 10.4. The van der Waals surface area contributed by atoms with E-state index in [2.05, 4.69) is 10.0 Å². The van der Waals surface area contributed by atoms with Crippen molar-refractivity contribution in [3.05, 3.63) is 10.4 Å². The van der Waals surface area contributed by atoms with Crippen LogP contribution in [0.15, 0.2) is 5.11 Å². The monoisotopic (exact) mass is 225 g/mol. The SMILES string of the molecule is [N-]=[N+]=N[C@H]1CCC[C@@]2(CCCCOC2)[C@@H]1O. The minimum Gasteiger partial charge on any atom is -0.392 e. The molecule has 3 atom stereocenters. The van der Waals surface area contributed by atoms with Crippen LogP contribution in [0.5, 0.6) is 0 Å². The van der Waals surface area contributed by atoms with Crippen LogP contribution in [-0.2, 0) is 4.74 Å². The fourth-order valence-electron chi connectivity index (χ4n) is 3.02. The number of aliphatic hydroxyl groups excluding tert-OH is 1. The van der Waals surface area contributed by atoms with Gasteiger partial charge in [-0.25, -0.2) is 0 Å². The van der Waals surface area contributed by atoms with Crippen LogP contribution < -0.4 is 0 Å². The smallest absolute Gasteiger partial charge is 0.0703 e. The van der Waals surface area contributed by atoms with E-state index < -0.39 is 6.10 Å². The zero-order chi connectivity index (χ0) is 11.4. The Morgan fingerprint density at radius 2 is 2.12 bits per heavy atom. The highest BCUT2D eigenvalue weighted by Gasteiger charge is 2.44. The van der Waals surface area contributed by atoms with Crippen LogP contribution in [0.25, 0.3) is 10.4 Å². The highest BCUT2D eigenvalue weighted by Crippen LogP contribution is 2.43. The second kappa shape index (κ2) is 5.04. The van der Waals surface area contributed by atoms with Crippen LogP contribution >= 0.6 is 0 Å². The Morgan fingerprint density at radius 3 is 2.94 bits per heavy atom. The van der Waals surface area contributed by atoms with Gasteiger partial charge in [-0.1, -0.05) is 18.0 Å². The summed E-state index contributed by atoms with van der Waals surface area (Å²) in [7, 11) is 0. The molecule has 2 aliphatic rings. The highest BCUT2D eigenvalue weighted by molar-refractivity contribution is 4.98. The predicted octanol–water partition coefficient (Wildman–Crippen LogP) is 2.40. The standard InChI is InChI=1S/C11H19N3O2/c12-14-13-9-4-3-6-11(10(9)15)5-1-2-7-16-8-11/h9-10,15H,1-8H2/t9-,10+,11+/m0/s1. The third kappa shape index (κ3) is 2.17. The van der Waals surface area contributed by atoms with E-state index in [1.807, 2.05) is 0 Å². The zero-order valence-corrected chi connectivity index (χ0v) is 9.51. The molecule has 0 bridgehead atoms. The van der Waals surface area contributed by atoms with Gasteiger partial charge in [-0.15, -0.1) is 0 Å². The predicted molar refractivity (Wildman–Crippen MR) is 59.9 cm³/mol. The lowest BCUT2D eigenvalue weighted by atomic mass is 9.68. The Kier molecular flexibility index (Phi) is 3.69. The van der Waals surface area contributed by atoms with Gasteiger partial charge in [-0.2, -0.15) is 0 Å². The number of hydrogen-bond acceptors (Lipinski definition) is 3. The van der Waals surface area contributed by atoms with Crippen molar-refractivity contribution in [3.63, 3.8) is 0 Å². The van der Waals surface area contributed by atoms with Crippen molar-refractivity contribution in [1.82, 2.24) is 0 Å². The van der Waals surface area contributed by atoms with Gasteiger partial charge < -0.3 is 9.84 Å². The van der Waals surface area contributed by atoms with Crippen molar-refractivity contribution >= 4 is 0 Å². The second-order valence-corrected chi connectivity index (χ2v) is 4.98. The maximum Gasteiger partial charge on any atom is 0.0703 e. The van der Waals surface area contributed by atoms with E-state index in [0.29, 0.717) is 6.61 Å². The zero-order valence-electron chi connectivity index (χ0n) is 9.51. The topological polar surface area (TPSA) is 78.2 Å². The number of hydrogen-bond donors (Lipinski definition) is 1. The fourth-order valence-corrected chi connectivity index (χ4v) is 3.02. The summed E-state index contributed by atoms with van der Waals surface area (Å²) in [5, 5.41) is 14.1. The van der Waals surface area contributed by atoms with Gasteiger partial charge in [0, 0.05) is 16.9 Å². The molecular weight excluding hydrogens is 206 g/mol. The fraction of sp³-hybridized carbons (Fsp3) is 1.00. The quantitative estimate of drug-likeness (QED) is 0.422. The Bertz CT molecular complexity index is 281. The van der Waals surface area contributed by atoms with E-state index in [9.17, 15) is 5.11 Å². The summed E-state index contributed by atoms with van der Waals surface area (Å²) in [4.78, 5) is 2.84. The van der Waals surface area contributed by atoms with Crippen molar-refractivity contribution < 1.29 is 9.84 Å². The minimum absolute atomic E-state index is 0.159. The number of aliphatic hydroxyl groups is 1. The Hall–Kier alpha value is -0.770. The van der Waals surface area contributed by atoms with E-state index in [0.717, 1.165) is 45.1 Å². The molecule has 0 aromatic carbocycles. The number of rotatable bonds is 1. The molecule has 0 unspecified atom stereocenters. The molecule has 2 fully saturated rings. The average Bonchev–Trinajstić information content (AvgIpc) is 2.52. The van der Waals surface area contributed by atoms with Crippen molar-refractivity contribution in [3.8, 4) is 0 Å². The summed E-state index contributed by atoms with van der Waals surface area (Å²) >= 11 is 0. The molecule has 5 heteroatoms. The number of ether oxygens (including phenoxy) is 1. The molecule has 1 heterocycles. The third-order valence-corrected chi connectivity index (χ3v) is 3.97. The van der Waals surface area contributed by atoms with Crippen LogP contribution in [0.4, 0.5) is 0 Å². The normalized spacial score (nSPS) is 40.1. The molecule has 2 rings (SSSR count). The Morgan fingerprint density at radius 1 is 1.31 bits per heavy atom. The third-order valence-electron chi connectivity index (χ3n) is 3.97. The first-order valence-corrected chi connectivity index (χ1v) is 6.08. The van der Waals surface area contributed by atoms with Gasteiger partial charge in [0.05, 0.1) is 18.8 Å². The molecule has 5 nitrogen and oxygen atoms in total. The van der Waals surface area contributed by atoms with Gasteiger partial charge >= 0.3 is 0 Å². The first-order valence-electron chi connectivity index (χ1n) is 6.08. The van der Waals surface area contributed by atoms with Gasteiger partial charge in [0.15, 0.2) is 0 Å². The molecule has 1 aliphatic heterocycles. The highest BCUT2D eigenvalue weighted by atomic mass is 16.5. The van der Waals surface area contributed by atoms with Crippen LogP contribution in [-0.4, -0.2) is 30.5 Å². The van der Waals surface area contributed by atoms with Crippen LogP contribution in [0.2, 0.25) is 0 Å². The molecule has 1 aliphatic carbocycles. The Balaban J connectivity index is 2.14. The van der Waals surface area contributed by atoms with Crippen molar-refractivity contribution in [2.45, 2.75) is 50.7 Å². The summed E-state index contributed by atoms with van der Waals surface area (Å²) in [6, 6.07) is -0.263. The summed E-state index contributed by atoms with van der Waals surface area (Å²) in [6.07, 6.45) is 5.44.